The Morgan fingerprint density at radius 2 is 1.75 bits per heavy atom. The van der Waals surface area contributed by atoms with Crippen molar-refractivity contribution in [1.29, 1.82) is 0 Å². The summed E-state index contributed by atoms with van der Waals surface area (Å²) in [5.41, 5.74) is 5.82. The Labute approximate surface area is 144 Å². The molecule has 7 heteroatoms. The van der Waals surface area contributed by atoms with Gasteiger partial charge in [-0.05, 0) is 59.7 Å². The Morgan fingerprint density at radius 3 is 2.25 bits per heavy atom. The highest BCUT2D eigenvalue weighted by Crippen LogP contribution is 2.40. The van der Waals surface area contributed by atoms with E-state index in [4.69, 9.17) is 10.5 Å². The van der Waals surface area contributed by atoms with Gasteiger partial charge in [-0.25, -0.2) is 8.42 Å². The van der Waals surface area contributed by atoms with E-state index in [1.54, 1.807) is 19.9 Å². The second-order valence-corrected chi connectivity index (χ2v) is 9.24. The Balaban J connectivity index is 2.53. The van der Waals surface area contributed by atoms with Crippen molar-refractivity contribution in [3.8, 4) is 5.75 Å². The number of aliphatic hydroxyl groups is 1. The molecule has 0 unspecified atom stereocenters. The van der Waals surface area contributed by atoms with Crippen molar-refractivity contribution in [2.45, 2.75) is 76.3 Å². The summed E-state index contributed by atoms with van der Waals surface area (Å²) >= 11 is 0. The van der Waals surface area contributed by atoms with Crippen molar-refractivity contribution < 1.29 is 18.3 Å². The lowest BCUT2D eigenvalue weighted by Gasteiger charge is -2.41. The van der Waals surface area contributed by atoms with E-state index in [2.05, 4.69) is 0 Å². The second kappa shape index (κ2) is 6.29. The summed E-state index contributed by atoms with van der Waals surface area (Å²) < 4.78 is 33.2. The van der Waals surface area contributed by atoms with Crippen molar-refractivity contribution in [2.24, 2.45) is 5.73 Å². The van der Waals surface area contributed by atoms with Crippen LogP contribution in [0.4, 0.5) is 0 Å². The quantitative estimate of drug-likeness (QED) is 0.861. The zero-order valence-corrected chi connectivity index (χ0v) is 16.0. The standard InChI is InChI=1S/C17H28N2O4S/c1-10(2)19(11(3)4)24(21,22)12-7-8-14-13(9-12)15(18)16(20)17(5,6)23-14/h7-11,15-16,20H,18H2,1-6H3/t15-,16+/m1/s1. The number of ether oxygens (including phenoxy) is 1. The normalized spacial score (nSPS) is 23.5. The summed E-state index contributed by atoms with van der Waals surface area (Å²) in [5, 5.41) is 10.3. The van der Waals surface area contributed by atoms with Gasteiger partial charge in [0, 0.05) is 17.6 Å². The van der Waals surface area contributed by atoms with E-state index in [1.165, 1.54) is 16.4 Å². The molecule has 0 aliphatic carbocycles. The summed E-state index contributed by atoms with van der Waals surface area (Å²) in [6.45, 7) is 10.9. The number of hydrogen-bond donors (Lipinski definition) is 2. The molecule has 0 bridgehead atoms. The molecule has 0 spiro atoms. The van der Waals surface area contributed by atoms with Crippen LogP contribution in [0.2, 0.25) is 0 Å². The van der Waals surface area contributed by atoms with Crippen molar-refractivity contribution in [3.05, 3.63) is 23.8 Å². The van der Waals surface area contributed by atoms with Crippen molar-refractivity contribution in [1.82, 2.24) is 4.31 Å². The first-order valence-corrected chi connectivity index (χ1v) is 9.63. The summed E-state index contributed by atoms with van der Waals surface area (Å²) in [7, 11) is -3.66. The van der Waals surface area contributed by atoms with Gasteiger partial charge in [-0.15, -0.1) is 0 Å². The highest BCUT2D eigenvalue weighted by Gasteiger charge is 2.42. The molecule has 0 saturated carbocycles. The molecule has 1 aliphatic rings. The van der Waals surface area contributed by atoms with Crippen molar-refractivity contribution in [3.63, 3.8) is 0 Å². The van der Waals surface area contributed by atoms with Gasteiger partial charge in [-0.3, -0.25) is 0 Å². The molecule has 0 saturated heterocycles. The number of sulfonamides is 1. The Morgan fingerprint density at radius 1 is 1.21 bits per heavy atom. The van der Waals surface area contributed by atoms with Gasteiger partial charge < -0.3 is 15.6 Å². The maximum Gasteiger partial charge on any atom is 0.243 e. The maximum absolute atomic E-state index is 13.0. The molecule has 6 nitrogen and oxygen atoms in total. The van der Waals surface area contributed by atoms with Crippen LogP contribution < -0.4 is 10.5 Å². The van der Waals surface area contributed by atoms with E-state index in [-0.39, 0.29) is 17.0 Å². The molecular weight excluding hydrogens is 328 g/mol. The minimum atomic E-state index is -3.66. The predicted molar refractivity (Wildman–Crippen MR) is 93.4 cm³/mol. The van der Waals surface area contributed by atoms with Crippen molar-refractivity contribution >= 4 is 10.0 Å². The average molecular weight is 356 g/mol. The molecule has 0 fully saturated rings. The van der Waals surface area contributed by atoms with E-state index >= 15 is 0 Å². The van der Waals surface area contributed by atoms with Crippen LogP contribution in [0.3, 0.4) is 0 Å². The third kappa shape index (κ3) is 3.18. The number of aliphatic hydroxyl groups excluding tert-OH is 1. The van der Waals surface area contributed by atoms with Gasteiger partial charge >= 0.3 is 0 Å². The van der Waals surface area contributed by atoms with Crippen LogP contribution in [0.5, 0.6) is 5.75 Å². The van der Waals surface area contributed by atoms with Gasteiger partial charge in [-0.1, -0.05) is 0 Å². The molecule has 1 aliphatic heterocycles. The fourth-order valence-electron chi connectivity index (χ4n) is 3.26. The first-order valence-electron chi connectivity index (χ1n) is 8.19. The second-order valence-electron chi connectivity index (χ2n) is 7.40. The van der Waals surface area contributed by atoms with Crippen LogP contribution in [0.25, 0.3) is 0 Å². The number of fused-ring (bicyclic) bond motifs is 1. The van der Waals surface area contributed by atoms with E-state index in [9.17, 15) is 13.5 Å². The fourth-order valence-corrected chi connectivity index (χ4v) is 5.13. The molecule has 2 rings (SSSR count). The number of hydrogen-bond acceptors (Lipinski definition) is 5. The van der Waals surface area contributed by atoms with E-state index in [0.717, 1.165) is 0 Å². The van der Waals surface area contributed by atoms with Crippen LogP contribution in [0, 0.1) is 0 Å². The lowest BCUT2D eigenvalue weighted by Crippen LogP contribution is -2.51. The fraction of sp³-hybridized carbons (Fsp3) is 0.647. The average Bonchev–Trinajstić information content (AvgIpc) is 2.43. The minimum Gasteiger partial charge on any atom is -0.485 e. The molecule has 0 amide bonds. The van der Waals surface area contributed by atoms with Crippen LogP contribution in [0.15, 0.2) is 23.1 Å². The van der Waals surface area contributed by atoms with Gasteiger partial charge in [-0.2, -0.15) is 4.31 Å². The zero-order chi connectivity index (χ0) is 18.4. The first-order chi connectivity index (χ1) is 10.9. The lowest BCUT2D eigenvalue weighted by atomic mass is 9.87. The maximum atomic E-state index is 13.0. The summed E-state index contributed by atoms with van der Waals surface area (Å²) in [5.74, 6) is 0.511. The number of benzene rings is 1. The van der Waals surface area contributed by atoms with Gasteiger partial charge in [0.05, 0.1) is 10.9 Å². The molecule has 2 atom stereocenters. The Kier molecular flexibility index (Phi) is 5.03. The molecule has 0 radical (unpaired) electrons. The van der Waals surface area contributed by atoms with E-state index in [1.807, 2.05) is 27.7 Å². The molecule has 1 heterocycles. The summed E-state index contributed by atoms with van der Waals surface area (Å²) in [6.07, 6.45) is -0.922. The topological polar surface area (TPSA) is 92.9 Å². The van der Waals surface area contributed by atoms with E-state index in [0.29, 0.717) is 11.3 Å². The van der Waals surface area contributed by atoms with Crippen LogP contribution in [0.1, 0.15) is 53.1 Å². The smallest absolute Gasteiger partial charge is 0.243 e. The summed E-state index contributed by atoms with van der Waals surface area (Å²) in [6, 6.07) is 3.64. The molecule has 1 aromatic carbocycles. The minimum absolute atomic E-state index is 0.162. The van der Waals surface area contributed by atoms with Gasteiger partial charge in [0.25, 0.3) is 0 Å². The third-order valence-electron chi connectivity index (χ3n) is 4.36. The Bertz CT molecular complexity index is 705. The largest absolute Gasteiger partial charge is 0.485 e. The van der Waals surface area contributed by atoms with Crippen molar-refractivity contribution in [2.75, 3.05) is 0 Å². The van der Waals surface area contributed by atoms with Crippen LogP contribution in [-0.2, 0) is 10.0 Å². The predicted octanol–water partition coefficient (Wildman–Crippen LogP) is 2.03. The monoisotopic (exact) mass is 356 g/mol. The highest BCUT2D eigenvalue weighted by atomic mass is 32.2. The first kappa shape index (κ1) is 19.2. The number of nitrogens with two attached hydrogens (primary N) is 1. The summed E-state index contributed by atoms with van der Waals surface area (Å²) in [4.78, 5) is 0.162. The third-order valence-corrected chi connectivity index (χ3v) is 6.61. The molecule has 1 aromatic rings. The van der Waals surface area contributed by atoms with Gasteiger partial charge in [0.1, 0.15) is 17.5 Å². The Hall–Kier alpha value is -1.15. The molecule has 136 valence electrons. The number of nitrogens with zero attached hydrogens (tertiary/aromatic N) is 1. The molecule has 24 heavy (non-hydrogen) atoms. The van der Waals surface area contributed by atoms with Crippen LogP contribution in [-0.4, -0.2) is 41.6 Å². The highest BCUT2D eigenvalue weighted by molar-refractivity contribution is 7.89. The lowest BCUT2D eigenvalue weighted by molar-refractivity contribution is -0.0572. The SMILES string of the molecule is CC(C)N(C(C)C)S(=O)(=O)c1ccc2c(c1)[C@@H](N)[C@H](O)C(C)(C)O2. The number of rotatable bonds is 4. The molecule has 0 aromatic heterocycles. The van der Waals surface area contributed by atoms with Gasteiger partial charge in [0.15, 0.2) is 0 Å². The van der Waals surface area contributed by atoms with Crippen LogP contribution >= 0.6 is 0 Å². The van der Waals surface area contributed by atoms with Gasteiger partial charge in [0.2, 0.25) is 10.0 Å². The molecular formula is C17H28N2O4S. The molecule has 3 N–H and O–H groups in total. The zero-order valence-electron chi connectivity index (χ0n) is 15.1. The van der Waals surface area contributed by atoms with E-state index < -0.39 is 27.8 Å².